The van der Waals surface area contributed by atoms with E-state index < -0.39 is 0 Å². The van der Waals surface area contributed by atoms with Crippen LogP contribution in [0.1, 0.15) is 38.9 Å². The van der Waals surface area contributed by atoms with Crippen molar-refractivity contribution in [3.05, 3.63) is 30.1 Å². The summed E-state index contributed by atoms with van der Waals surface area (Å²) in [5.74, 6) is 3.26. The fourth-order valence-corrected chi connectivity index (χ4v) is 3.13. The van der Waals surface area contributed by atoms with Crippen LogP contribution in [0, 0.1) is 18.8 Å². The van der Waals surface area contributed by atoms with Crippen LogP contribution in [0.5, 0.6) is 0 Å². The van der Waals surface area contributed by atoms with Gasteiger partial charge in [0.2, 0.25) is 0 Å². The van der Waals surface area contributed by atoms with Gasteiger partial charge in [0.25, 0.3) is 0 Å². The molecule has 0 bridgehead atoms. The average Bonchev–Trinajstić information content (AvgIpc) is 2.90. The molecule has 2 aromatic rings. The maximum absolute atomic E-state index is 4.40. The number of nitrogens with one attached hydrogen (secondary N) is 2. The normalized spacial score (nSPS) is 25.8. The van der Waals surface area contributed by atoms with E-state index in [9.17, 15) is 0 Å². The lowest BCUT2D eigenvalue weighted by atomic mass is 9.79. The molecule has 0 spiro atoms. The van der Waals surface area contributed by atoms with E-state index in [2.05, 4.69) is 58.6 Å². The minimum absolute atomic E-state index is 0.584. The molecule has 0 amide bonds. The third kappa shape index (κ3) is 3.26. The number of benzene rings is 1. The number of aryl methyl sites for hydroxylation is 1. The van der Waals surface area contributed by atoms with Gasteiger partial charge in [-0.1, -0.05) is 26.0 Å². The molecule has 3 atom stereocenters. The molecule has 3 unspecified atom stereocenters. The minimum Gasteiger partial charge on any atom is -0.382 e. The first-order valence-electron chi connectivity index (χ1n) is 7.88. The van der Waals surface area contributed by atoms with Crippen molar-refractivity contribution in [1.82, 2.24) is 15.2 Å². The predicted molar refractivity (Wildman–Crippen MR) is 86.1 cm³/mol. The highest BCUT2D eigenvalue weighted by molar-refractivity contribution is 5.62. The molecule has 4 nitrogen and oxygen atoms in total. The second kappa shape index (κ2) is 5.88. The van der Waals surface area contributed by atoms with Crippen molar-refractivity contribution in [3.8, 4) is 11.4 Å². The summed E-state index contributed by atoms with van der Waals surface area (Å²) >= 11 is 0. The topological polar surface area (TPSA) is 53.6 Å². The van der Waals surface area contributed by atoms with Gasteiger partial charge in [0.05, 0.1) is 0 Å². The van der Waals surface area contributed by atoms with Crippen LogP contribution in [0.4, 0.5) is 5.69 Å². The van der Waals surface area contributed by atoms with Crippen LogP contribution in [-0.2, 0) is 0 Å². The van der Waals surface area contributed by atoms with Crippen molar-refractivity contribution >= 4 is 5.69 Å². The van der Waals surface area contributed by atoms with Crippen LogP contribution in [-0.4, -0.2) is 21.2 Å². The highest BCUT2D eigenvalue weighted by Gasteiger charge is 2.24. The summed E-state index contributed by atoms with van der Waals surface area (Å²) in [5, 5.41) is 10.8. The lowest BCUT2D eigenvalue weighted by Gasteiger charge is -2.33. The lowest BCUT2D eigenvalue weighted by molar-refractivity contribution is 0.261. The monoisotopic (exact) mass is 284 g/mol. The summed E-state index contributed by atoms with van der Waals surface area (Å²) in [6, 6.07) is 8.98. The molecule has 4 heteroatoms. The second-order valence-electron chi connectivity index (χ2n) is 6.43. The van der Waals surface area contributed by atoms with Crippen LogP contribution in [0.25, 0.3) is 11.4 Å². The summed E-state index contributed by atoms with van der Waals surface area (Å²) in [6.07, 6.45) is 3.83. The number of aromatic nitrogens is 3. The number of anilines is 1. The van der Waals surface area contributed by atoms with Gasteiger partial charge in [-0.2, -0.15) is 5.10 Å². The van der Waals surface area contributed by atoms with E-state index in [1.54, 1.807) is 0 Å². The largest absolute Gasteiger partial charge is 0.382 e. The Hall–Kier alpha value is -1.84. The number of aromatic amines is 1. The third-order valence-corrected chi connectivity index (χ3v) is 4.69. The van der Waals surface area contributed by atoms with E-state index in [0.717, 1.165) is 29.0 Å². The van der Waals surface area contributed by atoms with Crippen molar-refractivity contribution < 1.29 is 0 Å². The SMILES string of the molecule is Cc1nc(-c2cccc(NC3CCC(C)C(C)C3)c2)n[nH]1. The molecule has 1 heterocycles. The van der Waals surface area contributed by atoms with Crippen LogP contribution < -0.4 is 5.32 Å². The number of hydrogen-bond donors (Lipinski definition) is 2. The molecule has 21 heavy (non-hydrogen) atoms. The Morgan fingerprint density at radius 2 is 2.05 bits per heavy atom. The van der Waals surface area contributed by atoms with Crippen molar-refractivity contribution in [1.29, 1.82) is 0 Å². The molecule has 1 aromatic carbocycles. The van der Waals surface area contributed by atoms with Crippen molar-refractivity contribution in [2.75, 3.05) is 5.32 Å². The van der Waals surface area contributed by atoms with Gasteiger partial charge >= 0.3 is 0 Å². The van der Waals surface area contributed by atoms with Crippen LogP contribution in [0.3, 0.4) is 0 Å². The first-order chi connectivity index (χ1) is 10.1. The number of H-pyrrole nitrogens is 1. The van der Waals surface area contributed by atoms with Gasteiger partial charge in [-0.25, -0.2) is 4.98 Å². The van der Waals surface area contributed by atoms with Gasteiger partial charge in [-0.05, 0) is 50.2 Å². The summed E-state index contributed by atoms with van der Waals surface area (Å²) in [5.41, 5.74) is 2.23. The zero-order chi connectivity index (χ0) is 14.8. The zero-order valence-corrected chi connectivity index (χ0v) is 13.1. The van der Waals surface area contributed by atoms with E-state index in [0.29, 0.717) is 6.04 Å². The van der Waals surface area contributed by atoms with Gasteiger partial charge in [0.1, 0.15) is 5.82 Å². The fourth-order valence-electron chi connectivity index (χ4n) is 3.13. The van der Waals surface area contributed by atoms with Gasteiger partial charge in [0, 0.05) is 17.3 Å². The van der Waals surface area contributed by atoms with Gasteiger partial charge in [-0.3, -0.25) is 5.10 Å². The van der Waals surface area contributed by atoms with Gasteiger partial charge < -0.3 is 5.32 Å². The molecular weight excluding hydrogens is 260 g/mol. The summed E-state index contributed by atoms with van der Waals surface area (Å²) in [4.78, 5) is 4.40. The molecule has 0 aliphatic heterocycles. The Kier molecular flexibility index (Phi) is 3.95. The van der Waals surface area contributed by atoms with Crippen molar-refractivity contribution in [2.45, 2.75) is 46.1 Å². The summed E-state index contributed by atoms with van der Waals surface area (Å²) < 4.78 is 0. The summed E-state index contributed by atoms with van der Waals surface area (Å²) in [7, 11) is 0. The molecule has 112 valence electrons. The van der Waals surface area contributed by atoms with E-state index in [1.807, 2.05) is 6.92 Å². The summed E-state index contributed by atoms with van der Waals surface area (Å²) in [6.45, 7) is 6.65. The maximum atomic E-state index is 4.40. The molecule has 0 saturated heterocycles. The fraction of sp³-hybridized carbons (Fsp3) is 0.529. The molecule has 1 aliphatic carbocycles. The minimum atomic E-state index is 0.584. The quantitative estimate of drug-likeness (QED) is 0.895. The highest BCUT2D eigenvalue weighted by atomic mass is 15.2. The van der Waals surface area contributed by atoms with Crippen LogP contribution >= 0.6 is 0 Å². The molecule has 0 radical (unpaired) electrons. The molecule has 1 fully saturated rings. The maximum Gasteiger partial charge on any atom is 0.181 e. The van der Waals surface area contributed by atoms with Crippen molar-refractivity contribution in [3.63, 3.8) is 0 Å². The molecule has 1 aliphatic rings. The Bertz CT molecular complexity index is 604. The molecule has 1 aromatic heterocycles. The Morgan fingerprint density at radius 3 is 2.76 bits per heavy atom. The highest BCUT2D eigenvalue weighted by Crippen LogP contribution is 2.31. The molecule has 2 N–H and O–H groups in total. The zero-order valence-electron chi connectivity index (χ0n) is 13.1. The van der Waals surface area contributed by atoms with Crippen molar-refractivity contribution in [2.24, 2.45) is 11.8 Å². The predicted octanol–water partition coefficient (Wildman–Crippen LogP) is 4.02. The average molecular weight is 284 g/mol. The smallest absolute Gasteiger partial charge is 0.181 e. The molecule has 1 saturated carbocycles. The van der Waals surface area contributed by atoms with E-state index >= 15 is 0 Å². The van der Waals surface area contributed by atoms with Crippen LogP contribution in [0.2, 0.25) is 0 Å². The van der Waals surface area contributed by atoms with Gasteiger partial charge in [0.15, 0.2) is 5.82 Å². The first kappa shape index (κ1) is 14.1. The third-order valence-electron chi connectivity index (χ3n) is 4.69. The standard InChI is InChI=1S/C17H24N4/c1-11-7-8-16(9-12(11)2)19-15-6-4-5-14(10-15)17-18-13(3)20-21-17/h4-6,10-12,16,19H,7-9H2,1-3H3,(H,18,20,21). The number of rotatable bonds is 3. The second-order valence-corrected chi connectivity index (χ2v) is 6.43. The first-order valence-corrected chi connectivity index (χ1v) is 7.88. The van der Waals surface area contributed by atoms with E-state index in [1.165, 1.54) is 24.9 Å². The number of hydrogen-bond acceptors (Lipinski definition) is 3. The van der Waals surface area contributed by atoms with E-state index in [-0.39, 0.29) is 0 Å². The Morgan fingerprint density at radius 1 is 1.19 bits per heavy atom. The molecule has 3 rings (SSSR count). The van der Waals surface area contributed by atoms with Gasteiger partial charge in [-0.15, -0.1) is 0 Å². The Labute approximate surface area is 126 Å². The lowest BCUT2D eigenvalue weighted by Crippen LogP contribution is -2.30. The molecular formula is C17H24N4. The Balaban J connectivity index is 1.72. The number of nitrogens with zero attached hydrogens (tertiary/aromatic N) is 2. The van der Waals surface area contributed by atoms with E-state index in [4.69, 9.17) is 0 Å². The van der Waals surface area contributed by atoms with Crippen LogP contribution in [0.15, 0.2) is 24.3 Å².